The molecule has 0 spiro atoms. The Labute approximate surface area is 164 Å². The third-order valence-electron chi connectivity index (χ3n) is 4.18. The van der Waals surface area contributed by atoms with E-state index in [2.05, 4.69) is 23.4 Å². The van der Waals surface area contributed by atoms with Gasteiger partial charge in [0.2, 0.25) is 0 Å². The van der Waals surface area contributed by atoms with Crippen LogP contribution in [0.1, 0.15) is 24.5 Å². The van der Waals surface area contributed by atoms with Gasteiger partial charge in [0.1, 0.15) is 24.7 Å². The molecule has 0 saturated heterocycles. The molecule has 0 aliphatic heterocycles. The minimum absolute atomic E-state index is 0.0393. The van der Waals surface area contributed by atoms with Gasteiger partial charge in [0.15, 0.2) is 0 Å². The Balaban J connectivity index is 1.80. The van der Waals surface area contributed by atoms with Gasteiger partial charge < -0.3 is 14.7 Å². The van der Waals surface area contributed by atoms with Crippen molar-refractivity contribution < 1.29 is 19.5 Å². The summed E-state index contributed by atoms with van der Waals surface area (Å²) in [7, 11) is 0. The number of fused-ring (bicyclic) bond motifs is 1. The molecule has 3 aromatic carbocycles. The van der Waals surface area contributed by atoms with Crippen LogP contribution in [0.5, 0.6) is 5.75 Å². The van der Waals surface area contributed by atoms with Crippen molar-refractivity contribution in [3.05, 3.63) is 77.9 Å². The second kappa shape index (κ2) is 9.55. The molecule has 0 radical (unpaired) electrons. The van der Waals surface area contributed by atoms with Crippen LogP contribution in [-0.2, 0) is 16.1 Å². The lowest BCUT2D eigenvalue weighted by atomic mass is 10.0. The first-order chi connectivity index (χ1) is 13.7. The molecule has 0 aromatic heterocycles. The summed E-state index contributed by atoms with van der Waals surface area (Å²) in [6.45, 7) is 2.78. The second-order valence-electron chi connectivity index (χ2n) is 6.44. The number of carboxylic acid groups (broad SMARTS) is 1. The van der Waals surface area contributed by atoms with Gasteiger partial charge in [0.25, 0.3) is 0 Å². The van der Waals surface area contributed by atoms with E-state index < -0.39 is 5.97 Å². The predicted molar refractivity (Wildman–Crippen MR) is 110 cm³/mol. The summed E-state index contributed by atoms with van der Waals surface area (Å²) < 4.78 is 5.88. The van der Waals surface area contributed by atoms with Gasteiger partial charge in [-0.3, -0.25) is 4.79 Å². The highest BCUT2D eigenvalue weighted by molar-refractivity contribution is 6.04. The standard InChI is InChI=1S/C23H23NO4/c1-2-12-28-24-22(20-11-10-18-7-3-4-8-19(18)15-20)16-27-21-9-5-6-17(13-21)14-23(25)26/h3-11,13,15H,2,12,14,16H2,1H3,(H,25,26)/b24-22+. The maximum absolute atomic E-state index is 10.9. The molecule has 28 heavy (non-hydrogen) atoms. The fraction of sp³-hybridized carbons (Fsp3) is 0.217. The summed E-state index contributed by atoms with van der Waals surface area (Å²) in [6, 6.07) is 21.3. The van der Waals surface area contributed by atoms with Crippen LogP contribution in [0.3, 0.4) is 0 Å². The number of hydrogen-bond donors (Lipinski definition) is 1. The minimum atomic E-state index is -0.872. The fourth-order valence-electron chi connectivity index (χ4n) is 2.82. The van der Waals surface area contributed by atoms with Crippen molar-refractivity contribution in [1.82, 2.24) is 0 Å². The average molecular weight is 377 g/mol. The molecule has 0 aliphatic carbocycles. The van der Waals surface area contributed by atoms with Crippen molar-refractivity contribution in [2.75, 3.05) is 13.2 Å². The van der Waals surface area contributed by atoms with E-state index in [4.69, 9.17) is 14.7 Å². The Hall–Kier alpha value is -3.34. The molecule has 0 aliphatic rings. The first-order valence-corrected chi connectivity index (χ1v) is 9.27. The SMILES string of the molecule is CCCO/N=C(\COc1cccc(CC(=O)O)c1)c1ccc2ccccc2c1. The van der Waals surface area contributed by atoms with Crippen LogP contribution >= 0.6 is 0 Å². The number of oxime groups is 1. The van der Waals surface area contributed by atoms with E-state index in [9.17, 15) is 4.79 Å². The van der Waals surface area contributed by atoms with Crippen molar-refractivity contribution in [3.8, 4) is 5.75 Å². The normalized spacial score (nSPS) is 11.4. The summed E-state index contributed by atoms with van der Waals surface area (Å²) in [4.78, 5) is 16.3. The molecule has 0 heterocycles. The van der Waals surface area contributed by atoms with Crippen LogP contribution in [-0.4, -0.2) is 30.0 Å². The van der Waals surface area contributed by atoms with Gasteiger partial charge in [-0.25, -0.2) is 0 Å². The van der Waals surface area contributed by atoms with Crippen molar-refractivity contribution in [3.63, 3.8) is 0 Å². The third kappa shape index (κ3) is 5.33. The molecule has 5 nitrogen and oxygen atoms in total. The number of rotatable bonds is 9. The Morgan fingerprint density at radius 1 is 1.00 bits per heavy atom. The van der Waals surface area contributed by atoms with E-state index in [1.807, 2.05) is 31.2 Å². The van der Waals surface area contributed by atoms with Crippen LogP contribution in [0.2, 0.25) is 0 Å². The zero-order chi connectivity index (χ0) is 19.8. The van der Waals surface area contributed by atoms with E-state index in [1.165, 1.54) is 0 Å². The summed E-state index contributed by atoms with van der Waals surface area (Å²) in [6.07, 6.45) is 0.828. The van der Waals surface area contributed by atoms with Gasteiger partial charge in [0.05, 0.1) is 6.42 Å². The number of hydrogen-bond acceptors (Lipinski definition) is 4. The van der Waals surface area contributed by atoms with Crippen LogP contribution in [0.15, 0.2) is 71.9 Å². The Bertz CT molecular complexity index is 981. The predicted octanol–water partition coefficient (Wildman–Crippen LogP) is 4.68. The van der Waals surface area contributed by atoms with Crippen molar-refractivity contribution in [2.45, 2.75) is 19.8 Å². The lowest BCUT2D eigenvalue weighted by Crippen LogP contribution is -2.14. The van der Waals surface area contributed by atoms with E-state index >= 15 is 0 Å². The van der Waals surface area contributed by atoms with E-state index in [-0.39, 0.29) is 13.0 Å². The zero-order valence-electron chi connectivity index (χ0n) is 15.8. The van der Waals surface area contributed by atoms with Crippen molar-refractivity contribution >= 4 is 22.5 Å². The maximum Gasteiger partial charge on any atom is 0.307 e. The van der Waals surface area contributed by atoms with Gasteiger partial charge in [-0.05, 0) is 41.0 Å². The Morgan fingerprint density at radius 2 is 1.82 bits per heavy atom. The van der Waals surface area contributed by atoms with E-state index in [1.54, 1.807) is 24.3 Å². The number of aliphatic carboxylic acids is 1. The summed E-state index contributed by atoms with van der Waals surface area (Å²) in [5.41, 5.74) is 2.30. The molecule has 5 heteroatoms. The van der Waals surface area contributed by atoms with Crippen LogP contribution in [0.4, 0.5) is 0 Å². The van der Waals surface area contributed by atoms with Crippen LogP contribution in [0.25, 0.3) is 10.8 Å². The smallest absolute Gasteiger partial charge is 0.307 e. The van der Waals surface area contributed by atoms with Gasteiger partial charge in [-0.15, -0.1) is 0 Å². The molecule has 144 valence electrons. The maximum atomic E-state index is 10.9. The Kier molecular flexibility index (Phi) is 6.63. The van der Waals surface area contributed by atoms with E-state index in [0.717, 1.165) is 22.8 Å². The highest BCUT2D eigenvalue weighted by atomic mass is 16.6. The highest BCUT2D eigenvalue weighted by Crippen LogP contribution is 2.18. The number of nitrogens with zero attached hydrogens (tertiary/aromatic N) is 1. The largest absolute Gasteiger partial charge is 0.487 e. The quantitative estimate of drug-likeness (QED) is 0.334. The van der Waals surface area contributed by atoms with Crippen molar-refractivity contribution in [1.29, 1.82) is 0 Å². The monoisotopic (exact) mass is 377 g/mol. The Morgan fingerprint density at radius 3 is 2.61 bits per heavy atom. The summed E-state index contributed by atoms with van der Waals surface area (Å²) in [5.74, 6) is -0.272. The number of carbonyl (C=O) groups is 1. The molecule has 3 aromatic rings. The summed E-state index contributed by atoms with van der Waals surface area (Å²) in [5, 5.41) is 15.5. The molecule has 1 N–H and O–H groups in total. The van der Waals surface area contributed by atoms with Gasteiger partial charge in [-0.1, -0.05) is 60.6 Å². The highest BCUT2D eigenvalue weighted by Gasteiger charge is 2.09. The van der Waals surface area contributed by atoms with Crippen molar-refractivity contribution in [2.24, 2.45) is 5.16 Å². The first-order valence-electron chi connectivity index (χ1n) is 9.27. The van der Waals surface area contributed by atoms with Gasteiger partial charge >= 0.3 is 5.97 Å². The zero-order valence-corrected chi connectivity index (χ0v) is 15.8. The second-order valence-corrected chi connectivity index (χ2v) is 6.44. The number of carboxylic acids is 1. The molecule has 0 bridgehead atoms. The topological polar surface area (TPSA) is 68.1 Å². The number of benzene rings is 3. The molecule has 0 amide bonds. The van der Waals surface area contributed by atoms with Gasteiger partial charge in [-0.2, -0.15) is 0 Å². The molecular weight excluding hydrogens is 354 g/mol. The molecule has 3 rings (SSSR count). The molecule has 0 atom stereocenters. The number of ether oxygens (including phenoxy) is 1. The minimum Gasteiger partial charge on any atom is -0.487 e. The molecule has 0 saturated carbocycles. The average Bonchev–Trinajstić information content (AvgIpc) is 2.70. The summed E-state index contributed by atoms with van der Waals surface area (Å²) >= 11 is 0. The van der Waals surface area contributed by atoms with Crippen LogP contribution in [0, 0.1) is 0 Å². The third-order valence-corrected chi connectivity index (χ3v) is 4.18. The first kappa shape index (κ1) is 19.4. The molecule has 0 unspecified atom stereocenters. The van der Waals surface area contributed by atoms with E-state index in [0.29, 0.717) is 23.6 Å². The lowest BCUT2D eigenvalue weighted by molar-refractivity contribution is -0.136. The van der Waals surface area contributed by atoms with Crippen LogP contribution < -0.4 is 4.74 Å². The lowest BCUT2D eigenvalue weighted by Gasteiger charge is -2.11. The fourth-order valence-corrected chi connectivity index (χ4v) is 2.82. The molecular formula is C23H23NO4. The molecule has 0 fully saturated rings. The van der Waals surface area contributed by atoms with Gasteiger partial charge in [0, 0.05) is 5.56 Å².